The maximum absolute atomic E-state index is 11.3. The number of phenolic OH excluding ortho intramolecular Hbond substituents is 4. The van der Waals surface area contributed by atoms with Crippen molar-refractivity contribution in [3.63, 3.8) is 0 Å². The minimum atomic E-state index is -1.03. The van der Waals surface area contributed by atoms with E-state index in [-0.39, 0.29) is 23.0 Å². The second-order valence-electron chi connectivity index (χ2n) is 9.90. The Morgan fingerprint density at radius 2 is 1.41 bits per heavy atom. The van der Waals surface area contributed by atoms with Crippen LogP contribution in [-0.4, -0.2) is 31.6 Å². The van der Waals surface area contributed by atoms with Crippen LogP contribution in [0.25, 0.3) is 0 Å². The number of hydrogen-bond acceptors (Lipinski definition) is 6. The van der Waals surface area contributed by atoms with Crippen molar-refractivity contribution in [3.8, 4) is 28.7 Å². The highest BCUT2D eigenvalue weighted by atomic mass is 16.5. The van der Waals surface area contributed by atoms with Gasteiger partial charge in [0.2, 0.25) is 0 Å². The average Bonchev–Trinajstić information content (AvgIpc) is 2.55. The molecule has 6 nitrogen and oxygen atoms in total. The molecule has 0 saturated carbocycles. The second kappa shape index (κ2) is 6.73. The first-order valence-electron chi connectivity index (χ1n) is 9.69. The smallest absolute Gasteiger partial charge is 0.157 e. The van der Waals surface area contributed by atoms with E-state index in [1.165, 1.54) is 18.2 Å². The van der Waals surface area contributed by atoms with Crippen molar-refractivity contribution in [3.05, 3.63) is 41.0 Å². The zero-order valence-electron chi connectivity index (χ0n) is 17.7. The predicted octanol–water partition coefficient (Wildman–Crippen LogP) is 4.43. The molecule has 0 spiro atoms. The fourth-order valence-electron chi connectivity index (χ4n) is 4.26. The number of aliphatic hydroxyl groups excluding tert-OH is 1. The highest BCUT2D eigenvalue weighted by Crippen LogP contribution is 2.57. The van der Waals surface area contributed by atoms with E-state index in [0.29, 0.717) is 22.4 Å². The van der Waals surface area contributed by atoms with Crippen molar-refractivity contribution in [1.82, 2.24) is 0 Å². The first-order valence-corrected chi connectivity index (χ1v) is 9.69. The molecule has 0 radical (unpaired) electrons. The van der Waals surface area contributed by atoms with Gasteiger partial charge < -0.3 is 30.3 Å². The summed E-state index contributed by atoms with van der Waals surface area (Å²) in [4.78, 5) is 0. The molecule has 2 aromatic rings. The van der Waals surface area contributed by atoms with Gasteiger partial charge in [0.1, 0.15) is 23.4 Å². The zero-order valence-corrected chi connectivity index (χ0v) is 17.7. The summed E-state index contributed by atoms with van der Waals surface area (Å²) in [5.41, 5.74) is 0.550. The predicted molar refractivity (Wildman–Crippen MR) is 110 cm³/mol. The van der Waals surface area contributed by atoms with Gasteiger partial charge in [-0.1, -0.05) is 47.6 Å². The summed E-state index contributed by atoms with van der Waals surface area (Å²) in [5.74, 6) is -0.947. The van der Waals surface area contributed by atoms with Crippen LogP contribution in [0.5, 0.6) is 28.7 Å². The number of ether oxygens (including phenoxy) is 1. The van der Waals surface area contributed by atoms with Gasteiger partial charge in [-0.3, -0.25) is 0 Å². The van der Waals surface area contributed by atoms with Gasteiger partial charge in [0, 0.05) is 23.1 Å². The third-order valence-corrected chi connectivity index (χ3v) is 5.50. The molecule has 3 unspecified atom stereocenters. The lowest BCUT2D eigenvalue weighted by molar-refractivity contribution is -0.0295. The molecule has 0 bridgehead atoms. The summed E-state index contributed by atoms with van der Waals surface area (Å²) < 4.78 is 6.21. The largest absolute Gasteiger partial charge is 0.507 e. The van der Waals surface area contributed by atoms with Crippen molar-refractivity contribution < 1.29 is 30.3 Å². The molecule has 0 saturated heterocycles. The molecule has 158 valence electrons. The molecule has 0 amide bonds. The Labute approximate surface area is 171 Å². The van der Waals surface area contributed by atoms with Crippen LogP contribution in [-0.2, 0) is 5.41 Å². The Hall–Kier alpha value is -2.60. The maximum atomic E-state index is 11.3. The third kappa shape index (κ3) is 3.57. The lowest BCUT2D eigenvalue weighted by atomic mass is 9.68. The number of fused-ring (bicyclic) bond motifs is 1. The Kier molecular flexibility index (Phi) is 4.90. The summed E-state index contributed by atoms with van der Waals surface area (Å²) in [5, 5.41) is 52.2. The third-order valence-electron chi connectivity index (χ3n) is 5.50. The van der Waals surface area contributed by atoms with E-state index < -0.39 is 29.0 Å². The Bertz CT molecular complexity index is 936. The van der Waals surface area contributed by atoms with Gasteiger partial charge in [-0.25, -0.2) is 0 Å². The summed E-state index contributed by atoms with van der Waals surface area (Å²) in [6.07, 6.45) is -1.89. The molecule has 0 aromatic heterocycles. The summed E-state index contributed by atoms with van der Waals surface area (Å²) in [6.45, 7) is 11.7. The lowest BCUT2D eigenvalue weighted by Crippen LogP contribution is -2.41. The molecule has 0 fully saturated rings. The normalized spacial score (nSPS) is 22.1. The Morgan fingerprint density at radius 3 is 1.93 bits per heavy atom. The van der Waals surface area contributed by atoms with E-state index in [9.17, 15) is 25.5 Å². The summed E-state index contributed by atoms with van der Waals surface area (Å²) in [7, 11) is 0. The first-order chi connectivity index (χ1) is 13.2. The van der Waals surface area contributed by atoms with Gasteiger partial charge in [-0.2, -0.15) is 0 Å². The van der Waals surface area contributed by atoms with E-state index in [1.54, 1.807) is 6.07 Å². The number of rotatable bonds is 1. The van der Waals surface area contributed by atoms with Gasteiger partial charge >= 0.3 is 0 Å². The van der Waals surface area contributed by atoms with Crippen molar-refractivity contribution in [2.24, 2.45) is 5.41 Å². The van der Waals surface area contributed by atoms with Gasteiger partial charge in [0.15, 0.2) is 17.6 Å². The molecule has 3 atom stereocenters. The van der Waals surface area contributed by atoms with Crippen LogP contribution in [0.15, 0.2) is 24.3 Å². The van der Waals surface area contributed by atoms with E-state index in [2.05, 4.69) is 0 Å². The second-order valence-corrected chi connectivity index (χ2v) is 9.90. The Balaban J connectivity index is 2.31. The van der Waals surface area contributed by atoms with E-state index in [4.69, 9.17) is 4.74 Å². The summed E-state index contributed by atoms with van der Waals surface area (Å²) in [6, 6.07) is 5.58. The van der Waals surface area contributed by atoms with Gasteiger partial charge in [0.05, 0.1) is 0 Å². The number of hydrogen-bond donors (Lipinski definition) is 5. The van der Waals surface area contributed by atoms with Gasteiger partial charge in [-0.05, 0) is 28.5 Å². The first kappa shape index (κ1) is 21.1. The lowest BCUT2D eigenvalue weighted by Gasteiger charge is -2.45. The van der Waals surface area contributed by atoms with Crippen molar-refractivity contribution in [1.29, 1.82) is 0 Å². The van der Waals surface area contributed by atoms with Gasteiger partial charge in [-0.15, -0.1) is 0 Å². The van der Waals surface area contributed by atoms with Crippen LogP contribution in [0, 0.1) is 5.41 Å². The van der Waals surface area contributed by atoms with Gasteiger partial charge in [0.25, 0.3) is 0 Å². The minimum Gasteiger partial charge on any atom is -0.507 e. The standard InChI is InChI=1S/C23H30O6/c1-22(2,3)17-15(27)10-14(26)16-18(23(4,5)6)19(28)20(29-21(16)17)11-7-8-12(24)13(25)9-11/h7-10,18-20,24-28H,1-6H3. The Morgan fingerprint density at radius 1 is 0.793 bits per heavy atom. The van der Waals surface area contributed by atoms with E-state index in [0.717, 1.165) is 0 Å². The van der Waals surface area contributed by atoms with Crippen LogP contribution in [0.3, 0.4) is 0 Å². The van der Waals surface area contributed by atoms with Crippen LogP contribution in [0.4, 0.5) is 0 Å². The van der Waals surface area contributed by atoms with Crippen LogP contribution in [0.1, 0.15) is 70.3 Å². The fraction of sp³-hybridized carbons (Fsp3) is 0.478. The average molecular weight is 402 g/mol. The SMILES string of the molecule is CC(C)(C)c1c(O)cc(O)c2c1OC(c1ccc(O)c(O)c1)C(O)C2C(C)(C)C. The van der Waals surface area contributed by atoms with E-state index >= 15 is 0 Å². The molecule has 29 heavy (non-hydrogen) atoms. The molecular weight excluding hydrogens is 372 g/mol. The van der Waals surface area contributed by atoms with Crippen LogP contribution < -0.4 is 4.74 Å². The maximum Gasteiger partial charge on any atom is 0.157 e. The molecular formula is C23H30O6. The molecule has 1 aliphatic heterocycles. The molecule has 2 aromatic carbocycles. The summed E-state index contributed by atoms with van der Waals surface area (Å²) >= 11 is 0. The molecule has 5 N–H and O–H groups in total. The van der Waals surface area contributed by atoms with E-state index in [1.807, 2.05) is 41.5 Å². The minimum absolute atomic E-state index is 0.0786. The molecule has 6 heteroatoms. The fourth-order valence-corrected chi connectivity index (χ4v) is 4.26. The van der Waals surface area contributed by atoms with Crippen molar-refractivity contribution in [2.75, 3.05) is 0 Å². The number of phenols is 4. The monoisotopic (exact) mass is 402 g/mol. The highest BCUT2D eigenvalue weighted by molar-refractivity contribution is 5.62. The molecule has 1 heterocycles. The van der Waals surface area contributed by atoms with Crippen LogP contribution in [0.2, 0.25) is 0 Å². The number of aliphatic hydroxyl groups is 1. The van der Waals surface area contributed by atoms with Crippen molar-refractivity contribution in [2.45, 2.75) is 65.1 Å². The number of benzene rings is 2. The molecule has 3 rings (SSSR count). The van der Waals surface area contributed by atoms with Crippen molar-refractivity contribution >= 4 is 0 Å². The van der Waals surface area contributed by atoms with Crippen LogP contribution >= 0.6 is 0 Å². The molecule has 1 aliphatic rings. The molecule has 0 aliphatic carbocycles. The number of aromatic hydroxyl groups is 4. The quantitative estimate of drug-likeness (QED) is 0.451. The zero-order chi connectivity index (χ0) is 21.9. The highest BCUT2D eigenvalue weighted by Gasteiger charge is 2.47. The topological polar surface area (TPSA) is 110 Å².